The Bertz CT molecular complexity index is 843. The number of aliphatic carboxylic acids is 1. The van der Waals surface area contributed by atoms with Crippen molar-refractivity contribution in [3.05, 3.63) is 35.0 Å². The second kappa shape index (κ2) is 7.44. The molecule has 12 heteroatoms. The van der Waals surface area contributed by atoms with Gasteiger partial charge in [0.15, 0.2) is 6.10 Å². The van der Waals surface area contributed by atoms with Crippen LogP contribution in [0.1, 0.15) is 6.04 Å². The van der Waals surface area contributed by atoms with Crippen LogP contribution in [0.4, 0.5) is 8.78 Å². The number of benzene rings is 1. The fourth-order valence-corrected chi connectivity index (χ4v) is 2.99. The summed E-state index contributed by atoms with van der Waals surface area (Å²) in [5.41, 5.74) is -0.0204. The molecule has 5 atom stereocenters. The lowest BCUT2D eigenvalue weighted by atomic mass is 9.92. The van der Waals surface area contributed by atoms with Gasteiger partial charge in [0.05, 0.1) is 12.8 Å². The van der Waals surface area contributed by atoms with E-state index in [4.69, 9.17) is 21.4 Å². The average molecular weight is 406 g/mol. The number of aliphatic hydroxyl groups excluding tert-OH is 3. The van der Waals surface area contributed by atoms with Gasteiger partial charge in [-0.25, -0.2) is 18.3 Å². The molecule has 0 saturated carbocycles. The van der Waals surface area contributed by atoms with Gasteiger partial charge >= 0.3 is 5.97 Å². The van der Waals surface area contributed by atoms with Gasteiger partial charge in [-0.2, -0.15) is 0 Å². The average Bonchev–Trinajstić information content (AvgIpc) is 3.09. The van der Waals surface area contributed by atoms with E-state index in [-0.39, 0.29) is 11.3 Å². The predicted octanol–water partition coefficient (Wildman–Crippen LogP) is -0.0161. The molecule has 146 valence electrons. The molecule has 1 aromatic carbocycles. The highest BCUT2D eigenvalue weighted by atomic mass is 35.5. The third-order valence-corrected chi connectivity index (χ3v) is 4.59. The van der Waals surface area contributed by atoms with Crippen LogP contribution in [0, 0.1) is 11.6 Å². The van der Waals surface area contributed by atoms with Crippen LogP contribution in [0.2, 0.25) is 5.02 Å². The molecule has 0 unspecified atom stereocenters. The van der Waals surface area contributed by atoms with Crippen LogP contribution in [0.5, 0.6) is 0 Å². The minimum Gasteiger partial charge on any atom is -0.479 e. The molecule has 1 aliphatic rings. The number of carbonyl (C=O) groups is 1. The van der Waals surface area contributed by atoms with Crippen molar-refractivity contribution in [3.8, 4) is 11.3 Å². The molecule has 1 aromatic heterocycles. The molecule has 1 fully saturated rings. The molecular formula is C15H14ClF2N3O6. The van der Waals surface area contributed by atoms with Crippen molar-refractivity contribution in [2.45, 2.75) is 30.5 Å². The van der Waals surface area contributed by atoms with Crippen molar-refractivity contribution in [2.75, 3.05) is 6.61 Å². The first kappa shape index (κ1) is 19.6. The first-order valence-electron chi connectivity index (χ1n) is 7.66. The standard InChI is InChI=1S/C15H14ClF2N3O6/c16-10-6(17)1-5(2-7(10)18)8-3-21(20-19-8)11-12(23)9(4-22)27-14(13(11)24)15(25)26/h1-3,9,11-14,22-24H,4H2,(H,25,26)/t9-,11+,12+,13-,14-/m1/s1. The van der Waals surface area contributed by atoms with Crippen molar-refractivity contribution < 1.29 is 38.7 Å². The van der Waals surface area contributed by atoms with Gasteiger partial charge in [-0.15, -0.1) is 5.10 Å². The molecule has 3 rings (SSSR count). The van der Waals surface area contributed by atoms with E-state index in [1.54, 1.807) is 0 Å². The normalized spacial score (nSPS) is 28.3. The summed E-state index contributed by atoms with van der Waals surface area (Å²) in [6.07, 6.45) is -5.11. The first-order valence-corrected chi connectivity index (χ1v) is 8.04. The van der Waals surface area contributed by atoms with E-state index in [2.05, 4.69) is 10.3 Å². The van der Waals surface area contributed by atoms with Crippen molar-refractivity contribution in [2.24, 2.45) is 0 Å². The SMILES string of the molecule is O=C(O)[C@@H]1O[C@H](CO)[C@H](O)[C@H](n2cc(-c3cc(F)c(Cl)c(F)c3)nn2)[C@H]1O. The lowest BCUT2D eigenvalue weighted by Crippen LogP contribution is -2.58. The van der Waals surface area contributed by atoms with E-state index in [1.165, 1.54) is 0 Å². The highest BCUT2D eigenvalue weighted by molar-refractivity contribution is 6.30. The van der Waals surface area contributed by atoms with Crippen LogP contribution in [0.15, 0.2) is 18.3 Å². The Morgan fingerprint density at radius 2 is 1.89 bits per heavy atom. The van der Waals surface area contributed by atoms with Crippen molar-refractivity contribution in [3.63, 3.8) is 0 Å². The molecule has 0 spiro atoms. The van der Waals surface area contributed by atoms with E-state index < -0.39 is 59.7 Å². The van der Waals surface area contributed by atoms with E-state index in [0.717, 1.165) is 23.0 Å². The number of carboxylic acid groups (broad SMARTS) is 1. The second-order valence-electron chi connectivity index (χ2n) is 5.93. The Labute approximate surface area is 155 Å². The third kappa shape index (κ3) is 3.51. The second-order valence-corrected chi connectivity index (χ2v) is 6.30. The zero-order chi connectivity index (χ0) is 19.9. The number of aromatic nitrogens is 3. The van der Waals surface area contributed by atoms with Gasteiger partial charge in [-0.05, 0) is 12.1 Å². The number of rotatable bonds is 4. The van der Waals surface area contributed by atoms with E-state index in [1.807, 2.05) is 0 Å². The number of aliphatic hydroxyl groups is 3. The lowest BCUT2D eigenvalue weighted by Gasteiger charge is -2.40. The summed E-state index contributed by atoms with van der Waals surface area (Å²) in [4.78, 5) is 11.3. The molecule has 2 heterocycles. The molecular weight excluding hydrogens is 392 g/mol. The summed E-state index contributed by atoms with van der Waals surface area (Å²) in [7, 11) is 0. The summed E-state index contributed by atoms with van der Waals surface area (Å²) < 4.78 is 33.2. The molecule has 1 saturated heterocycles. The van der Waals surface area contributed by atoms with Gasteiger partial charge in [0.2, 0.25) is 0 Å². The van der Waals surface area contributed by atoms with Crippen LogP contribution in [-0.4, -0.2) is 72.4 Å². The third-order valence-electron chi connectivity index (χ3n) is 4.23. The largest absolute Gasteiger partial charge is 0.479 e. The number of hydrogen-bond acceptors (Lipinski definition) is 7. The summed E-state index contributed by atoms with van der Waals surface area (Å²) in [6.45, 7) is -0.705. The lowest BCUT2D eigenvalue weighted by molar-refractivity contribution is -0.215. The number of hydrogen-bond donors (Lipinski definition) is 4. The molecule has 0 amide bonds. The Kier molecular flexibility index (Phi) is 5.40. The molecule has 27 heavy (non-hydrogen) atoms. The molecule has 0 bridgehead atoms. The Balaban J connectivity index is 1.97. The van der Waals surface area contributed by atoms with Crippen LogP contribution >= 0.6 is 11.6 Å². The minimum absolute atomic E-state index is 0.00909. The zero-order valence-corrected chi connectivity index (χ0v) is 14.2. The highest BCUT2D eigenvalue weighted by Crippen LogP contribution is 2.32. The van der Waals surface area contributed by atoms with Gasteiger partial charge in [0, 0.05) is 5.56 Å². The molecule has 4 N–H and O–H groups in total. The predicted molar refractivity (Wildman–Crippen MR) is 84.8 cm³/mol. The summed E-state index contributed by atoms with van der Waals surface area (Å²) in [5, 5.41) is 45.7. The Morgan fingerprint density at radius 3 is 2.44 bits per heavy atom. The molecule has 2 aromatic rings. The summed E-state index contributed by atoms with van der Waals surface area (Å²) in [6, 6.07) is 0.514. The highest BCUT2D eigenvalue weighted by Gasteiger charge is 2.48. The zero-order valence-electron chi connectivity index (χ0n) is 13.4. The maximum Gasteiger partial charge on any atom is 0.335 e. The van der Waals surface area contributed by atoms with E-state index >= 15 is 0 Å². The fourth-order valence-electron chi connectivity index (χ4n) is 2.88. The maximum atomic E-state index is 13.6. The smallest absolute Gasteiger partial charge is 0.335 e. The van der Waals surface area contributed by atoms with Gasteiger partial charge in [0.1, 0.15) is 46.7 Å². The van der Waals surface area contributed by atoms with Crippen LogP contribution < -0.4 is 0 Å². The first-order chi connectivity index (χ1) is 12.7. The monoisotopic (exact) mass is 405 g/mol. The van der Waals surface area contributed by atoms with Gasteiger partial charge in [0.25, 0.3) is 0 Å². The van der Waals surface area contributed by atoms with E-state index in [0.29, 0.717) is 0 Å². The summed E-state index contributed by atoms with van der Waals surface area (Å²) >= 11 is 5.43. The van der Waals surface area contributed by atoms with Gasteiger partial charge < -0.3 is 25.2 Å². The molecule has 1 aliphatic heterocycles. The minimum atomic E-state index is -1.73. The molecule has 0 radical (unpaired) electrons. The molecule has 0 aliphatic carbocycles. The van der Waals surface area contributed by atoms with Gasteiger partial charge in [-0.1, -0.05) is 16.8 Å². The topological polar surface area (TPSA) is 138 Å². The van der Waals surface area contributed by atoms with Crippen molar-refractivity contribution in [1.29, 1.82) is 0 Å². The van der Waals surface area contributed by atoms with Gasteiger partial charge in [-0.3, -0.25) is 0 Å². The number of nitrogens with zero attached hydrogens (tertiary/aromatic N) is 3. The Morgan fingerprint density at radius 1 is 1.26 bits per heavy atom. The molecule has 9 nitrogen and oxygen atoms in total. The van der Waals surface area contributed by atoms with Crippen LogP contribution in [-0.2, 0) is 9.53 Å². The van der Waals surface area contributed by atoms with Crippen molar-refractivity contribution in [1.82, 2.24) is 15.0 Å². The number of halogens is 3. The quantitative estimate of drug-likeness (QED) is 0.521. The van der Waals surface area contributed by atoms with E-state index in [9.17, 15) is 28.9 Å². The number of ether oxygens (including phenoxy) is 1. The van der Waals surface area contributed by atoms with Crippen molar-refractivity contribution >= 4 is 17.6 Å². The fraction of sp³-hybridized carbons (Fsp3) is 0.400. The number of carboxylic acids is 1. The van der Waals surface area contributed by atoms with Crippen LogP contribution in [0.25, 0.3) is 11.3 Å². The Hall–Kier alpha value is -2.18. The van der Waals surface area contributed by atoms with Crippen LogP contribution in [0.3, 0.4) is 0 Å². The maximum absolute atomic E-state index is 13.6. The summed E-state index contributed by atoms with van der Waals surface area (Å²) in [5.74, 6) is -3.53.